The molecule has 0 N–H and O–H groups in total. The van der Waals surface area contributed by atoms with Crippen LogP contribution in [0.3, 0.4) is 0 Å². The Bertz CT molecular complexity index is 968. The number of nitrogens with zero attached hydrogens (tertiary/aromatic N) is 4. The number of alkyl halides is 3. The first kappa shape index (κ1) is 18.7. The molecule has 0 amide bonds. The van der Waals surface area contributed by atoms with Gasteiger partial charge < -0.3 is 14.2 Å². The van der Waals surface area contributed by atoms with Gasteiger partial charge in [0.05, 0.1) is 17.2 Å². The maximum absolute atomic E-state index is 12.8. The third-order valence-electron chi connectivity index (χ3n) is 5.34. The van der Waals surface area contributed by atoms with Crippen LogP contribution in [0, 0.1) is 0 Å². The minimum Gasteiger partial charge on any atom is -0.460 e. The van der Waals surface area contributed by atoms with Gasteiger partial charge in [0, 0.05) is 25.2 Å². The molecule has 0 unspecified atom stereocenters. The molecule has 5 nitrogen and oxygen atoms in total. The Kier molecular flexibility index (Phi) is 4.74. The van der Waals surface area contributed by atoms with Crippen molar-refractivity contribution in [2.75, 3.05) is 32.1 Å². The molecule has 8 heteroatoms. The van der Waals surface area contributed by atoms with Gasteiger partial charge in [-0.3, -0.25) is 0 Å². The van der Waals surface area contributed by atoms with Crippen molar-refractivity contribution in [3.63, 3.8) is 0 Å². The summed E-state index contributed by atoms with van der Waals surface area (Å²) >= 11 is 0. The Morgan fingerprint density at radius 2 is 1.89 bits per heavy atom. The zero-order valence-corrected chi connectivity index (χ0v) is 15.7. The number of benzene rings is 1. The summed E-state index contributed by atoms with van der Waals surface area (Å²) in [5.41, 5.74) is 0.986. The van der Waals surface area contributed by atoms with Crippen LogP contribution in [-0.4, -0.2) is 48.3 Å². The van der Waals surface area contributed by atoms with Gasteiger partial charge in [0.2, 0.25) is 0 Å². The number of aromatic nitrogens is 2. The molecule has 2 aromatic heterocycles. The average Bonchev–Trinajstić information content (AvgIpc) is 3.16. The molecule has 1 aliphatic heterocycles. The maximum atomic E-state index is 12.8. The van der Waals surface area contributed by atoms with E-state index in [1.807, 2.05) is 7.05 Å². The van der Waals surface area contributed by atoms with E-state index in [4.69, 9.17) is 4.42 Å². The Morgan fingerprint density at radius 3 is 2.57 bits per heavy atom. The smallest absolute Gasteiger partial charge is 0.416 e. The molecule has 148 valence electrons. The van der Waals surface area contributed by atoms with E-state index in [9.17, 15) is 13.2 Å². The van der Waals surface area contributed by atoms with Crippen LogP contribution in [0.25, 0.3) is 22.2 Å². The van der Waals surface area contributed by atoms with E-state index in [1.165, 1.54) is 12.1 Å². The van der Waals surface area contributed by atoms with Crippen molar-refractivity contribution < 1.29 is 17.6 Å². The second kappa shape index (κ2) is 7.09. The van der Waals surface area contributed by atoms with Crippen molar-refractivity contribution in [2.24, 2.45) is 0 Å². The zero-order chi connectivity index (χ0) is 19.9. The van der Waals surface area contributed by atoms with Gasteiger partial charge in [-0.15, -0.1) is 10.2 Å². The number of fused-ring (bicyclic) bond motifs is 1. The monoisotopic (exact) mass is 390 g/mol. The van der Waals surface area contributed by atoms with Gasteiger partial charge in [-0.25, -0.2) is 0 Å². The van der Waals surface area contributed by atoms with Crippen LogP contribution in [-0.2, 0) is 6.18 Å². The summed E-state index contributed by atoms with van der Waals surface area (Å²) < 4.78 is 44.1. The lowest BCUT2D eigenvalue weighted by Crippen LogP contribution is -2.45. The Morgan fingerprint density at radius 1 is 1.14 bits per heavy atom. The van der Waals surface area contributed by atoms with Crippen LogP contribution in [0.2, 0.25) is 0 Å². The first-order chi connectivity index (χ1) is 13.3. The van der Waals surface area contributed by atoms with Crippen molar-refractivity contribution >= 4 is 16.8 Å². The molecule has 1 fully saturated rings. The van der Waals surface area contributed by atoms with Crippen LogP contribution in [0.5, 0.6) is 0 Å². The molecule has 1 saturated heterocycles. The SMILES string of the molecule is CN1CCC[C@@H](N(C)c2nnc(-c3ccc(C(F)(F)F)cc3)c3ccoc23)C1. The number of piperidine rings is 1. The summed E-state index contributed by atoms with van der Waals surface area (Å²) in [6, 6.07) is 7.03. The highest BCUT2D eigenvalue weighted by atomic mass is 19.4. The summed E-state index contributed by atoms with van der Waals surface area (Å²) in [5.74, 6) is 0.649. The van der Waals surface area contributed by atoms with Crippen molar-refractivity contribution in [1.29, 1.82) is 0 Å². The number of likely N-dealkylation sites (tertiary alicyclic amines) is 1. The van der Waals surface area contributed by atoms with E-state index in [0.29, 0.717) is 28.7 Å². The van der Waals surface area contributed by atoms with E-state index < -0.39 is 11.7 Å². The minimum absolute atomic E-state index is 0.304. The fourth-order valence-corrected chi connectivity index (χ4v) is 3.75. The molecule has 4 rings (SSSR count). The van der Waals surface area contributed by atoms with Gasteiger partial charge in [-0.05, 0) is 44.6 Å². The Labute approximate surface area is 160 Å². The van der Waals surface area contributed by atoms with E-state index in [-0.39, 0.29) is 0 Å². The number of furan rings is 1. The number of hydrogen-bond acceptors (Lipinski definition) is 5. The quantitative estimate of drug-likeness (QED) is 0.662. The number of hydrogen-bond donors (Lipinski definition) is 0. The molecule has 1 aromatic carbocycles. The number of anilines is 1. The van der Waals surface area contributed by atoms with Crippen LogP contribution < -0.4 is 4.90 Å². The van der Waals surface area contributed by atoms with Crippen LogP contribution in [0.1, 0.15) is 18.4 Å². The second-order valence-electron chi connectivity index (χ2n) is 7.28. The number of likely N-dealkylation sites (N-methyl/N-ethyl adjacent to an activating group) is 2. The third kappa shape index (κ3) is 3.44. The first-order valence-corrected chi connectivity index (χ1v) is 9.17. The standard InChI is InChI=1S/C20H21F3N4O/c1-26-10-3-4-15(12-26)27(2)19-18-16(9-11-28-18)17(24-25-19)13-5-7-14(8-6-13)20(21,22)23/h5-9,11,15H,3-4,10,12H2,1-2H3/t15-/m1/s1. The van der Waals surface area contributed by atoms with Gasteiger partial charge in [-0.1, -0.05) is 12.1 Å². The molecule has 0 spiro atoms. The number of halogens is 3. The Balaban J connectivity index is 1.69. The summed E-state index contributed by atoms with van der Waals surface area (Å²) in [6.45, 7) is 2.01. The van der Waals surface area contributed by atoms with Gasteiger partial charge in [0.15, 0.2) is 11.4 Å². The van der Waals surface area contributed by atoms with E-state index >= 15 is 0 Å². The molecular formula is C20H21F3N4O. The van der Waals surface area contributed by atoms with Gasteiger partial charge in [-0.2, -0.15) is 13.2 Å². The molecule has 3 aromatic rings. The normalized spacial score (nSPS) is 18.5. The molecule has 28 heavy (non-hydrogen) atoms. The lowest BCUT2D eigenvalue weighted by Gasteiger charge is -2.36. The lowest BCUT2D eigenvalue weighted by molar-refractivity contribution is -0.137. The highest BCUT2D eigenvalue weighted by Gasteiger charge is 2.30. The van der Waals surface area contributed by atoms with Crippen LogP contribution in [0.4, 0.5) is 19.0 Å². The fraction of sp³-hybridized carbons (Fsp3) is 0.400. The zero-order valence-electron chi connectivity index (χ0n) is 15.7. The van der Waals surface area contributed by atoms with E-state index in [1.54, 1.807) is 12.3 Å². The highest BCUT2D eigenvalue weighted by molar-refractivity contribution is 5.96. The van der Waals surface area contributed by atoms with Gasteiger partial charge in [0.25, 0.3) is 0 Å². The van der Waals surface area contributed by atoms with Crippen molar-refractivity contribution in [1.82, 2.24) is 15.1 Å². The van der Waals surface area contributed by atoms with E-state index in [2.05, 4.69) is 27.0 Å². The average molecular weight is 390 g/mol. The van der Waals surface area contributed by atoms with Crippen molar-refractivity contribution in [3.05, 3.63) is 42.2 Å². The lowest BCUT2D eigenvalue weighted by atomic mass is 10.0. The van der Waals surface area contributed by atoms with Crippen LogP contribution in [0.15, 0.2) is 41.0 Å². The minimum atomic E-state index is -4.37. The maximum Gasteiger partial charge on any atom is 0.416 e. The number of rotatable bonds is 3. The molecular weight excluding hydrogens is 369 g/mol. The summed E-state index contributed by atoms with van der Waals surface area (Å²) in [7, 11) is 4.08. The largest absolute Gasteiger partial charge is 0.460 e. The summed E-state index contributed by atoms with van der Waals surface area (Å²) in [4.78, 5) is 4.37. The van der Waals surface area contributed by atoms with E-state index in [0.717, 1.165) is 43.5 Å². The summed E-state index contributed by atoms with van der Waals surface area (Å²) in [6.07, 6.45) is -0.629. The first-order valence-electron chi connectivity index (χ1n) is 9.17. The third-order valence-corrected chi connectivity index (χ3v) is 5.34. The van der Waals surface area contributed by atoms with Gasteiger partial charge in [0.1, 0.15) is 5.69 Å². The molecule has 0 bridgehead atoms. The molecule has 0 saturated carbocycles. The van der Waals surface area contributed by atoms with Crippen LogP contribution >= 0.6 is 0 Å². The van der Waals surface area contributed by atoms with Crippen molar-refractivity contribution in [3.8, 4) is 11.3 Å². The second-order valence-corrected chi connectivity index (χ2v) is 7.28. The topological polar surface area (TPSA) is 45.4 Å². The Hall–Kier alpha value is -2.61. The summed E-state index contributed by atoms with van der Waals surface area (Å²) in [5, 5.41) is 9.43. The molecule has 0 aliphatic carbocycles. The van der Waals surface area contributed by atoms with Gasteiger partial charge >= 0.3 is 6.18 Å². The molecule has 1 aliphatic rings. The highest BCUT2D eigenvalue weighted by Crippen LogP contribution is 2.35. The fourth-order valence-electron chi connectivity index (χ4n) is 3.75. The predicted octanol–water partition coefficient (Wildman–Crippen LogP) is 4.44. The molecule has 3 heterocycles. The molecule has 0 radical (unpaired) electrons. The predicted molar refractivity (Wildman–Crippen MR) is 101 cm³/mol. The van der Waals surface area contributed by atoms with Crippen molar-refractivity contribution in [2.45, 2.75) is 25.1 Å². The molecule has 1 atom stereocenters.